The second-order valence-electron chi connectivity index (χ2n) is 1.73. The maximum absolute atomic E-state index is 10.3. The molecule has 0 aromatic rings. The van der Waals surface area contributed by atoms with Gasteiger partial charge >= 0.3 is 0 Å². The molecule has 0 saturated heterocycles. The average molecular weight is 236 g/mol. The maximum Gasteiger partial charge on any atom is 0.143 e. The highest BCUT2D eigenvalue weighted by molar-refractivity contribution is 8.93. The Kier molecular flexibility index (Phi) is 6.31. The summed E-state index contributed by atoms with van der Waals surface area (Å²) < 4.78 is 18.7. The fourth-order valence-corrected chi connectivity index (χ4v) is 1.64. The van der Waals surface area contributed by atoms with E-state index in [9.17, 15) is 4.21 Å². The fourth-order valence-electron chi connectivity index (χ4n) is 0.332. The van der Waals surface area contributed by atoms with E-state index in [0.717, 1.165) is 0 Å². The molecule has 0 aromatic heterocycles. The van der Waals surface area contributed by atoms with E-state index in [-0.39, 0.29) is 28.8 Å². The summed E-state index contributed by atoms with van der Waals surface area (Å²) in [6.45, 7) is 1.64. The van der Waals surface area contributed by atoms with Crippen molar-refractivity contribution in [3.05, 3.63) is 0 Å². The van der Waals surface area contributed by atoms with Crippen LogP contribution in [0.5, 0.6) is 0 Å². The Morgan fingerprint density at radius 2 is 2.22 bits per heavy atom. The molecule has 0 saturated carbocycles. The van der Waals surface area contributed by atoms with Gasteiger partial charge in [0.15, 0.2) is 0 Å². The lowest BCUT2D eigenvalue weighted by molar-refractivity contribution is 0.556. The summed E-state index contributed by atoms with van der Waals surface area (Å²) in [5, 5.41) is 0. The monoisotopic (exact) mass is 235 g/mol. The summed E-state index contributed by atoms with van der Waals surface area (Å²) in [4.78, 5) is 0. The van der Waals surface area contributed by atoms with Gasteiger partial charge in [-0.3, -0.25) is 0 Å². The van der Waals surface area contributed by atoms with Gasteiger partial charge in [-0.2, -0.15) is 0 Å². The molecule has 2 unspecified atom stereocenters. The van der Waals surface area contributed by atoms with Crippen molar-refractivity contribution in [2.45, 2.75) is 13.0 Å². The molecule has 9 heavy (non-hydrogen) atoms. The van der Waals surface area contributed by atoms with E-state index in [0.29, 0.717) is 0 Å². The maximum atomic E-state index is 10.3. The van der Waals surface area contributed by atoms with Crippen LogP contribution >= 0.6 is 17.0 Å². The molecule has 0 bridgehead atoms. The van der Waals surface area contributed by atoms with E-state index in [1.807, 2.05) is 0 Å². The highest BCUT2D eigenvalue weighted by Crippen LogP contribution is 1.85. The zero-order chi connectivity index (χ0) is 6.78. The Labute approximate surface area is 70.3 Å². The minimum atomic E-state index is -3.02. The summed E-state index contributed by atoms with van der Waals surface area (Å²) >= 11 is 4.16. The van der Waals surface area contributed by atoms with Gasteiger partial charge in [-0.1, -0.05) is 0 Å². The van der Waals surface area contributed by atoms with Crippen molar-refractivity contribution < 1.29 is 8.76 Å². The molecule has 0 aliphatic carbocycles. The van der Waals surface area contributed by atoms with Crippen molar-refractivity contribution >= 4 is 36.9 Å². The minimum Gasteiger partial charge on any atom is -0.327 e. The third-order valence-corrected chi connectivity index (χ3v) is 1.83. The molecule has 0 amide bonds. The summed E-state index contributed by atoms with van der Waals surface area (Å²) in [5.41, 5.74) is 5.17. The van der Waals surface area contributed by atoms with Gasteiger partial charge in [0.05, 0.1) is 5.75 Å². The average Bonchev–Trinajstić information content (AvgIpc) is 1.21. The molecule has 0 rings (SSSR count). The molecular weight excluding hydrogens is 226 g/mol. The summed E-state index contributed by atoms with van der Waals surface area (Å²) in [7, 11) is -3.02. The molecule has 0 aliphatic heterocycles. The van der Waals surface area contributed by atoms with Crippen LogP contribution in [-0.2, 0) is 20.0 Å². The van der Waals surface area contributed by atoms with E-state index < -0.39 is 8.77 Å². The topological polar surface area (TPSA) is 63.3 Å². The lowest BCUT2D eigenvalue weighted by atomic mass is 10.4. The second kappa shape index (κ2) is 4.56. The molecule has 2 atom stereocenters. The molecule has 0 aromatic carbocycles. The fraction of sp³-hybridized carbons (Fsp3) is 1.00. The van der Waals surface area contributed by atoms with E-state index in [2.05, 4.69) is 11.2 Å². The van der Waals surface area contributed by atoms with E-state index in [4.69, 9.17) is 10.3 Å². The lowest BCUT2D eigenvalue weighted by Crippen LogP contribution is -2.24. The number of nitrogens with two attached hydrogens (primary N) is 1. The number of rotatable bonds is 2. The predicted octanol–water partition coefficient (Wildman–Crippen LogP) is 0.131. The molecule has 0 radical (unpaired) electrons. The van der Waals surface area contributed by atoms with E-state index >= 15 is 0 Å². The first-order chi connectivity index (χ1) is 3.42. The number of hydrogen-bond acceptors (Lipinski definition) is 3. The molecule has 6 heteroatoms. The first-order valence-corrected chi connectivity index (χ1v) is 4.73. The lowest BCUT2D eigenvalue weighted by Gasteiger charge is -2.00. The van der Waals surface area contributed by atoms with Gasteiger partial charge in [0.1, 0.15) is 8.77 Å². The summed E-state index contributed by atoms with van der Waals surface area (Å²) in [5.74, 6) is 0.00231. The van der Waals surface area contributed by atoms with Crippen molar-refractivity contribution in [3.63, 3.8) is 0 Å². The van der Waals surface area contributed by atoms with Gasteiger partial charge in [0, 0.05) is 17.2 Å². The standard InChI is InChI=1S/C3H9NO2S2.BrH/c1-3(4)2-8(5,6)7;/h3H,2,4H2,1H3,(H,5,6,7);1H. The molecule has 3 nitrogen and oxygen atoms in total. The quantitative estimate of drug-likeness (QED) is 0.715. The second-order valence-corrected chi connectivity index (χ2v) is 4.79. The van der Waals surface area contributed by atoms with Crippen LogP contribution in [0.3, 0.4) is 0 Å². The first kappa shape index (κ1) is 12.4. The largest absolute Gasteiger partial charge is 0.327 e. The van der Waals surface area contributed by atoms with Crippen LogP contribution in [0.1, 0.15) is 6.92 Å². The predicted molar refractivity (Wildman–Crippen MR) is 47.0 cm³/mol. The molecule has 0 fully saturated rings. The number of halogens is 1. The van der Waals surface area contributed by atoms with Crippen LogP contribution in [0.15, 0.2) is 0 Å². The zero-order valence-corrected chi connectivity index (χ0v) is 8.29. The van der Waals surface area contributed by atoms with Gasteiger partial charge in [-0.25, -0.2) is 4.21 Å². The Balaban J connectivity index is 0. The van der Waals surface area contributed by atoms with Crippen molar-refractivity contribution in [3.8, 4) is 0 Å². The summed E-state index contributed by atoms with van der Waals surface area (Å²) in [6.07, 6.45) is 0. The van der Waals surface area contributed by atoms with Crippen LogP contribution in [-0.4, -0.2) is 20.6 Å². The normalized spacial score (nSPS) is 19.4. The third kappa shape index (κ3) is 12.1. The molecule has 0 spiro atoms. The van der Waals surface area contributed by atoms with Gasteiger partial charge in [0.2, 0.25) is 0 Å². The Morgan fingerprint density at radius 3 is 2.22 bits per heavy atom. The summed E-state index contributed by atoms with van der Waals surface area (Å²) in [6, 6.07) is -0.287. The molecule has 3 N–H and O–H groups in total. The SMILES string of the molecule is Br.CC(N)CS(=O)(O)=S. The van der Waals surface area contributed by atoms with Crippen LogP contribution in [0, 0.1) is 0 Å². The molecular formula is C3H10BrNO2S2. The zero-order valence-electron chi connectivity index (χ0n) is 4.94. The molecule has 0 aliphatic rings. The highest BCUT2D eigenvalue weighted by atomic mass is 79.9. The first-order valence-electron chi connectivity index (χ1n) is 2.12. The van der Waals surface area contributed by atoms with Gasteiger partial charge in [-0.05, 0) is 6.92 Å². The highest BCUT2D eigenvalue weighted by Gasteiger charge is 2.02. The van der Waals surface area contributed by atoms with Gasteiger partial charge in [-0.15, -0.1) is 17.0 Å². The Morgan fingerprint density at radius 1 is 1.89 bits per heavy atom. The van der Waals surface area contributed by atoms with Crippen molar-refractivity contribution in [2.75, 3.05) is 5.75 Å². The van der Waals surface area contributed by atoms with Crippen LogP contribution in [0.2, 0.25) is 0 Å². The van der Waals surface area contributed by atoms with Crippen molar-refractivity contribution in [1.82, 2.24) is 0 Å². The molecule has 58 valence electrons. The number of hydrogen-bond donors (Lipinski definition) is 2. The van der Waals surface area contributed by atoms with E-state index in [1.54, 1.807) is 6.92 Å². The van der Waals surface area contributed by atoms with Crippen LogP contribution in [0.4, 0.5) is 0 Å². The van der Waals surface area contributed by atoms with Crippen LogP contribution in [0.25, 0.3) is 0 Å². The van der Waals surface area contributed by atoms with Gasteiger partial charge < -0.3 is 10.3 Å². The smallest absolute Gasteiger partial charge is 0.143 e. The Bertz CT molecular complexity index is 153. The Hall–Kier alpha value is 0.770. The van der Waals surface area contributed by atoms with Crippen molar-refractivity contribution in [1.29, 1.82) is 0 Å². The minimum absolute atomic E-state index is 0. The van der Waals surface area contributed by atoms with Crippen LogP contribution < -0.4 is 5.73 Å². The van der Waals surface area contributed by atoms with Gasteiger partial charge in [0.25, 0.3) is 0 Å². The van der Waals surface area contributed by atoms with Crippen molar-refractivity contribution in [2.24, 2.45) is 5.73 Å². The molecule has 0 heterocycles. The van der Waals surface area contributed by atoms with E-state index in [1.165, 1.54) is 0 Å². The third-order valence-electron chi connectivity index (χ3n) is 0.474.